The zero-order chi connectivity index (χ0) is 19.3. The Kier molecular flexibility index (Phi) is 6.49. The molecule has 0 radical (unpaired) electrons. The van der Waals surface area contributed by atoms with E-state index in [2.05, 4.69) is 0 Å². The fourth-order valence-corrected chi connectivity index (χ4v) is 3.00. The van der Waals surface area contributed by atoms with Crippen molar-refractivity contribution >= 4 is 0 Å². The van der Waals surface area contributed by atoms with E-state index < -0.39 is 30.8 Å². The Hall–Kier alpha value is -1.93. The standard InChI is InChI=1S/C20H21F3O4/c21-20(22,23)19-18(26-13-15-9-5-2-6-10-15)16(11-17(24)27-19)25-12-14-7-3-1-4-8-14/h1-10,16-19,24H,11-13H2/t16?,17?,18-,19?/m1/s1. The van der Waals surface area contributed by atoms with Crippen LogP contribution in [0.3, 0.4) is 0 Å². The van der Waals surface area contributed by atoms with Gasteiger partial charge in [-0.15, -0.1) is 0 Å². The number of rotatable bonds is 6. The van der Waals surface area contributed by atoms with E-state index in [1.165, 1.54) is 0 Å². The quantitative estimate of drug-likeness (QED) is 0.825. The molecule has 1 N–H and O–H groups in total. The minimum absolute atomic E-state index is 0.0112. The monoisotopic (exact) mass is 382 g/mol. The van der Waals surface area contributed by atoms with E-state index in [-0.39, 0.29) is 19.6 Å². The Morgan fingerprint density at radius 2 is 1.41 bits per heavy atom. The maximum Gasteiger partial charge on any atom is 0.417 e. The van der Waals surface area contributed by atoms with Crippen LogP contribution in [0.5, 0.6) is 0 Å². The van der Waals surface area contributed by atoms with Crippen molar-refractivity contribution in [1.82, 2.24) is 0 Å². The van der Waals surface area contributed by atoms with Crippen molar-refractivity contribution in [3.8, 4) is 0 Å². The smallest absolute Gasteiger partial charge is 0.371 e. The lowest BCUT2D eigenvalue weighted by Gasteiger charge is -2.40. The van der Waals surface area contributed by atoms with Crippen LogP contribution in [0.15, 0.2) is 60.7 Å². The van der Waals surface area contributed by atoms with Crippen LogP contribution in [-0.2, 0) is 27.4 Å². The third-order valence-electron chi connectivity index (χ3n) is 4.32. The van der Waals surface area contributed by atoms with Crippen molar-refractivity contribution in [3.05, 3.63) is 71.8 Å². The van der Waals surface area contributed by atoms with Gasteiger partial charge in [-0.05, 0) is 11.1 Å². The minimum Gasteiger partial charge on any atom is -0.371 e. The number of hydrogen-bond donors (Lipinski definition) is 1. The molecule has 3 rings (SSSR count). The van der Waals surface area contributed by atoms with Gasteiger partial charge in [0.15, 0.2) is 12.4 Å². The first-order valence-corrected chi connectivity index (χ1v) is 8.65. The first-order valence-electron chi connectivity index (χ1n) is 8.65. The van der Waals surface area contributed by atoms with Gasteiger partial charge in [0.1, 0.15) is 6.10 Å². The molecule has 3 unspecified atom stereocenters. The van der Waals surface area contributed by atoms with E-state index >= 15 is 0 Å². The van der Waals surface area contributed by atoms with E-state index in [0.29, 0.717) is 0 Å². The number of halogens is 3. The van der Waals surface area contributed by atoms with Crippen molar-refractivity contribution in [2.24, 2.45) is 0 Å². The Labute approximate surface area is 155 Å². The number of alkyl halides is 3. The molecule has 1 heterocycles. The van der Waals surface area contributed by atoms with Crippen LogP contribution >= 0.6 is 0 Å². The van der Waals surface area contributed by atoms with Gasteiger partial charge in [0, 0.05) is 6.42 Å². The summed E-state index contributed by atoms with van der Waals surface area (Å²) in [4.78, 5) is 0. The first kappa shape index (κ1) is 19.8. The third-order valence-corrected chi connectivity index (χ3v) is 4.32. The van der Waals surface area contributed by atoms with Crippen molar-refractivity contribution in [2.45, 2.75) is 50.4 Å². The summed E-state index contributed by atoms with van der Waals surface area (Å²) < 4.78 is 56.4. The molecule has 1 fully saturated rings. The predicted molar refractivity (Wildman–Crippen MR) is 91.6 cm³/mol. The van der Waals surface area contributed by atoms with Gasteiger partial charge >= 0.3 is 6.18 Å². The average molecular weight is 382 g/mol. The van der Waals surface area contributed by atoms with Gasteiger partial charge in [-0.25, -0.2) is 0 Å². The van der Waals surface area contributed by atoms with Crippen LogP contribution in [0, 0.1) is 0 Å². The largest absolute Gasteiger partial charge is 0.417 e. The summed E-state index contributed by atoms with van der Waals surface area (Å²) in [6, 6.07) is 18.0. The second kappa shape index (κ2) is 8.84. The Morgan fingerprint density at radius 3 is 1.93 bits per heavy atom. The lowest BCUT2D eigenvalue weighted by atomic mass is 10.00. The highest BCUT2D eigenvalue weighted by atomic mass is 19.4. The molecule has 2 aromatic rings. The van der Waals surface area contributed by atoms with Gasteiger partial charge in [-0.2, -0.15) is 13.2 Å². The summed E-state index contributed by atoms with van der Waals surface area (Å²) in [6.07, 6.45) is -10.9. The van der Waals surface area contributed by atoms with E-state index in [1.54, 1.807) is 24.3 Å². The highest BCUT2D eigenvalue weighted by Crippen LogP contribution is 2.35. The molecule has 27 heavy (non-hydrogen) atoms. The van der Waals surface area contributed by atoms with Gasteiger partial charge in [0.25, 0.3) is 0 Å². The highest BCUT2D eigenvalue weighted by molar-refractivity contribution is 5.14. The summed E-state index contributed by atoms with van der Waals surface area (Å²) in [5.41, 5.74) is 1.57. The molecule has 1 saturated heterocycles. The van der Waals surface area contributed by atoms with E-state index in [1.807, 2.05) is 36.4 Å². The number of hydrogen-bond acceptors (Lipinski definition) is 4. The average Bonchev–Trinajstić information content (AvgIpc) is 2.66. The van der Waals surface area contributed by atoms with Crippen molar-refractivity contribution < 1.29 is 32.5 Å². The third kappa shape index (κ3) is 5.52. The molecule has 146 valence electrons. The van der Waals surface area contributed by atoms with Crippen LogP contribution in [0.4, 0.5) is 13.2 Å². The van der Waals surface area contributed by atoms with Gasteiger partial charge < -0.3 is 19.3 Å². The minimum atomic E-state index is -4.68. The number of benzene rings is 2. The van der Waals surface area contributed by atoms with Crippen molar-refractivity contribution in [2.75, 3.05) is 0 Å². The topological polar surface area (TPSA) is 47.9 Å². The Morgan fingerprint density at radius 1 is 0.889 bits per heavy atom. The lowest BCUT2D eigenvalue weighted by Crippen LogP contribution is -2.56. The second-order valence-electron chi connectivity index (χ2n) is 6.38. The summed E-state index contributed by atoms with van der Waals surface area (Å²) in [6.45, 7) is 0.108. The lowest BCUT2D eigenvalue weighted by molar-refractivity contribution is -0.332. The molecule has 0 spiro atoms. The molecule has 4 atom stereocenters. The predicted octanol–water partition coefficient (Wildman–Crippen LogP) is 3.83. The van der Waals surface area contributed by atoms with Gasteiger partial charge in [-0.1, -0.05) is 60.7 Å². The molecule has 7 heteroatoms. The van der Waals surface area contributed by atoms with Crippen LogP contribution in [0.2, 0.25) is 0 Å². The zero-order valence-corrected chi connectivity index (χ0v) is 14.5. The molecule has 4 nitrogen and oxygen atoms in total. The summed E-state index contributed by atoms with van der Waals surface area (Å²) in [5.74, 6) is 0. The molecular weight excluding hydrogens is 361 g/mol. The molecule has 0 saturated carbocycles. The van der Waals surface area contributed by atoms with E-state index in [4.69, 9.17) is 14.2 Å². The number of aliphatic hydroxyl groups is 1. The molecule has 0 amide bonds. The van der Waals surface area contributed by atoms with E-state index in [9.17, 15) is 18.3 Å². The molecule has 0 aromatic heterocycles. The van der Waals surface area contributed by atoms with Gasteiger partial charge in [0.2, 0.25) is 0 Å². The van der Waals surface area contributed by atoms with Gasteiger partial charge in [-0.3, -0.25) is 0 Å². The van der Waals surface area contributed by atoms with Crippen molar-refractivity contribution in [3.63, 3.8) is 0 Å². The van der Waals surface area contributed by atoms with Crippen LogP contribution in [-0.4, -0.2) is 35.9 Å². The number of ether oxygens (including phenoxy) is 3. The molecule has 1 aliphatic rings. The molecule has 1 aliphatic heterocycles. The summed E-state index contributed by atoms with van der Waals surface area (Å²) in [5, 5.41) is 9.76. The first-order chi connectivity index (χ1) is 12.9. The molecule has 0 bridgehead atoms. The fourth-order valence-electron chi connectivity index (χ4n) is 3.00. The van der Waals surface area contributed by atoms with Crippen LogP contribution < -0.4 is 0 Å². The van der Waals surface area contributed by atoms with Crippen molar-refractivity contribution in [1.29, 1.82) is 0 Å². The highest BCUT2D eigenvalue weighted by Gasteiger charge is 2.53. The van der Waals surface area contributed by atoms with Crippen LogP contribution in [0.1, 0.15) is 17.5 Å². The second-order valence-corrected chi connectivity index (χ2v) is 6.38. The molecule has 2 aromatic carbocycles. The van der Waals surface area contributed by atoms with E-state index in [0.717, 1.165) is 11.1 Å². The summed E-state index contributed by atoms with van der Waals surface area (Å²) >= 11 is 0. The number of aliphatic hydroxyl groups excluding tert-OH is 1. The Bertz CT molecular complexity index is 693. The fraction of sp³-hybridized carbons (Fsp3) is 0.400. The SMILES string of the molecule is OC1CC(OCc2ccccc2)[C@@H](OCc2ccccc2)C(C(F)(F)F)O1. The summed E-state index contributed by atoms with van der Waals surface area (Å²) in [7, 11) is 0. The normalized spacial score (nSPS) is 26.1. The van der Waals surface area contributed by atoms with Gasteiger partial charge in [0.05, 0.1) is 19.3 Å². The molecule has 0 aliphatic carbocycles. The Balaban J connectivity index is 1.73. The molecular formula is C20H21F3O4. The van der Waals surface area contributed by atoms with Crippen LogP contribution in [0.25, 0.3) is 0 Å². The maximum absolute atomic E-state index is 13.5. The zero-order valence-electron chi connectivity index (χ0n) is 14.5. The maximum atomic E-state index is 13.5.